The molecule has 0 aliphatic heterocycles. The zero-order valence-corrected chi connectivity index (χ0v) is 14.8. The van der Waals surface area contributed by atoms with Crippen LogP contribution in [-0.4, -0.2) is 30.2 Å². The lowest BCUT2D eigenvalue weighted by molar-refractivity contribution is -0.140. The van der Waals surface area contributed by atoms with Crippen LogP contribution in [-0.2, 0) is 11.6 Å². The van der Waals surface area contributed by atoms with Gasteiger partial charge in [0.25, 0.3) is 0 Å². The van der Waals surface area contributed by atoms with Crippen molar-refractivity contribution in [1.82, 2.24) is 30.2 Å². The second-order valence-corrected chi connectivity index (χ2v) is 7.03. The molecule has 0 radical (unpaired) electrons. The summed E-state index contributed by atoms with van der Waals surface area (Å²) in [5.74, 6) is -0.0285. The van der Waals surface area contributed by atoms with Crippen LogP contribution in [0.4, 0.5) is 13.2 Å². The molecule has 0 N–H and O–H groups in total. The van der Waals surface area contributed by atoms with E-state index >= 15 is 0 Å². The Bertz CT molecular complexity index is 928. The monoisotopic (exact) mass is 382 g/mol. The van der Waals surface area contributed by atoms with Crippen molar-refractivity contribution >= 4 is 11.6 Å². The van der Waals surface area contributed by atoms with Crippen molar-refractivity contribution in [2.45, 2.75) is 32.4 Å². The summed E-state index contributed by atoms with van der Waals surface area (Å²) in [7, 11) is 0. The van der Waals surface area contributed by atoms with Gasteiger partial charge in [0.05, 0.1) is 11.3 Å². The molecule has 0 bridgehead atoms. The van der Waals surface area contributed by atoms with Gasteiger partial charge in [-0.05, 0) is 34.7 Å². The molecule has 2 aromatic heterocycles. The van der Waals surface area contributed by atoms with E-state index in [4.69, 9.17) is 11.6 Å². The first-order valence-electron chi connectivity index (χ1n) is 7.57. The normalized spacial score (nSPS) is 12.4. The highest BCUT2D eigenvalue weighted by Gasteiger charge is 2.39. The van der Waals surface area contributed by atoms with E-state index in [9.17, 15) is 13.2 Å². The van der Waals surface area contributed by atoms with Crippen molar-refractivity contribution < 1.29 is 13.2 Å². The fourth-order valence-corrected chi connectivity index (χ4v) is 2.36. The molecule has 3 rings (SSSR count). The highest BCUT2D eigenvalue weighted by molar-refractivity contribution is 6.30. The molecular formula is C16H14ClF3N6. The van der Waals surface area contributed by atoms with Crippen LogP contribution in [0.2, 0.25) is 5.02 Å². The first kappa shape index (κ1) is 18.2. The lowest BCUT2D eigenvalue weighted by atomic mass is 9.95. The van der Waals surface area contributed by atoms with Gasteiger partial charge in [0.15, 0.2) is 11.5 Å². The molecule has 6 nitrogen and oxygen atoms in total. The second-order valence-electron chi connectivity index (χ2n) is 6.59. The van der Waals surface area contributed by atoms with Crippen molar-refractivity contribution in [1.29, 1.82) is 0 Å². The highest BCUT2D eigenvalue weighted by atomic mass is 35.5. The largest absolute Gasteiger partial charge is 0.434 e. The molecule has 1 aromatic carbocycles. The van der Waals surface area contributed by atoms with E-state index < -0.39 is 17.3 Å². The summed E-state index contributed by atoms with van der Waals surface area (Å²) >= 11 is 5.85. The first-order valence-corrected chi connectivity index (χ1v) is 7.94. The Labute approximate surface area is 152 Å². The minimum absolute atomic E-state index is 0.0825. The number of alkyl halides is 3. The molecule has 3 aromatic rings. The molecule has 0 amide bonds. The Balaban J connectivity index is 2.19. The van der Waals surface area contributed by atoms with Gasteiger partial charge in [-0.1, -0.05) is 32.4 Å². The smallest absolute Gasteiger partial charge is 0.240 e. The number of aromatic nitrogens is 6. The van der Waals surface area contributed by atoms with Crippen LogP contribution in [0.1, 0.15) is 32.3 Å². The van der Waals surface area contributed by atoms with E-state index in [1.807, 2.05) is 0 Å². The van der Waals surface area contributed by atoms with Crippen LogP contribution in [0.25, 0.3) is 17.1 Å². The van der Waals surface area contributed by atoms with Crippen molar-refractivity contribution in [3.63, 3.8) is 0 Å². The predicted octanol–water partition coefficient (Wildman–Crippen LogP) is 4.09. The number of rotatable bonds is 2. The van der Waals surface area contributed by atoms with Crippen molar-refractivity contribution in [2.24, 2.45) is 0 Å². The minimum Gasteiger partial charge on any atom is -0.240 e. The van der Waals surface area contributed by atoms with Crippen molar-refractivity contribution in [3.8, 4) is 17.1 Å². The average Bonchev–Trinajstić information content (AvgIpc) is 3.02. The average molecular weight is 383 g/mol. The molecule has 0 spiro atoms. The van der Waals surface area contributed by atoms with Crippen LogP contribution in [0.15, 0.2) is 30.5 Å². The molecule has 136 valence electrons. The van der Waals surface area contributed by atoms with Crippen molar-refractivity contribution in [2.75, 3.05) is 0 Å². The maximum absolute atomic E-state index is 13.6. The summed E-state index contributed by atoms with van der Waals surface area (Å²) in [5.41, 5.74) is -1.56. The Morgan fingerprint density at radius 2 is 1.69 bits per heavy atom. The zero-order valence-electron chi connectivity index (χ0n) is 14.1. The van der Waals surface area contributed by atoms with Gasteiger partial charge in [-0.15, -0.1) is 5.10 Å². The Hall–Kier alpha value is -2.55. The number of hydrogen-bond donors (Lipinski definition) is 0. The number of benzene rings is 1. The van der Waals surface area contributed by atoms with E-state index in [0.29, 0.717) is 10.7 Å². The summed E-state index contributed by atoms with van der Waals surface area (Å²) in [6, 6.07) is 6.37. The second kappa shape index (κ2) is 6.31. The Kier molecular flexibility index (Phi) is 4.43. The maximum Gasteiger partial charge on any atom is 0.434 e. The molecule has 0 fully saturated rings. The first-order chi connectivity index (χ1) is 12.1. The molecule has 0 atom stereocenters. The van der Waals surface area contributed by atoms with Crippen LogP contribution < -0.4 is 0 Å². The van der Waals surface area contributed by atoms with E-state index in [1.165, 1.54) is 4.68 Å². The summed E-state index contributed by atoms with van der Waals surface area (Å²) in [6.07, 6.45) is -3.58. The number of nitrogens with zero attached hydrogens (tertiary/aromatic N) is 6. The summed E-state index contributed by atoms with van der Waals surface area (Å²) < 4.78 is 42.0. The number of hydrogen-bond acceptors (Lipinski definition) is 5. The fourth-order valence-electron chi connectivity index (χ4n) is 2.23. The van der Waals surface area contributed by atoms with Gasteiger partial charge in [0.1, 0.15) is 5.82 Å². The molecule has 0 aliphatic carbocycles. The number of tetrazole rings is 1. The molecule has 26 heavy (non-hydrogen) atoms. The number of halogens is 4. The SMILES string of the molecule is CC(C)(C)c1ncc(-c2nnnn2-c2ccc(Cl)cc2)c(C(F)(F)F)n1. The molecule has 0 saturated heterocycles. The van der Waals surface area contributed by atoms with Gasteiger partial charge >= 0.3 is 6.18 Å². The van der Waals surface area contributed by atoms with Crippen LogP contribution in [0, 0.1) is 0 Å². The molecule has 2 heterocycles. The molecule has 0 aliphatic rings. The van der Waals surface area contributed by atoms with E-state index in [2.05, 4.69) is 25.5 Å². The summed E-state index contributed by atoms with van der Waals surface area (Å²) in [5, 5.41) is 11.5. The van der Waals surface area contributed by atoms with E-state index in [1.54, 1.807) is 45.0 Å². The summed E-state index contributed by atoms with van der Waals surface area (Å²) in [6.45, 7) is 5.21. The Morgan fingerprint density at radius 3 is 2.27 bits per heavy atom. The van der Waals surface area contributed by atoms with Gasteiger partial charge in [0.2, 0.25) is 0 Å². The Morgan fingerprint density at radius 1 is 1.04 bits per heavy atom. The summed E-state index contributed by atoms with van der Waals surface area (Å²) in [4.78, 5) is 7.84. The zero-order chi connectivity index (χ0) is 19.1. The topological polar surface area (TPSA) is 69.4 Å². The third-order valence-electron chi connectivity index (χ3n) is 3.51. The van der Waals surface area contributed by atoms with Crippen LogP contribution >= 0.6 is 11.6 Å². The van der Waals surface area contributed by atoms with Crippen LogP contribution in [0.5, 0.6) is 0 Å². The molecular weight excluding hydrogens is 369 g/mol. The standard InChI is InChI=1S/C16H14ClF3N6/c1-15(2,3)14-21-8-11(12(22-14)16(18,19)20)13-23-24-25-26(13)10-6-4-9(17)5-7-10/h4-8H,1-3H3. The molecule has 0 unspecified atom stereocenters. The minimum atomic E-state index is -4.69. The van der Waals surface area contributed by atoms with Crippen molar-refractivity contribution in [3.05, 3.63) is 47.0 Å². The fraction of sp³-hybridized carbons (Fsp3) is 0.312. The van der Waals surface area contributed by atoms with Gasteiger partial charge < -0.3 is 0 Å². The lowest BCUT2D eigenvalue weighted by Crippen LogP contribution is -2.21. The van der Waals surface area contributed by atoms with E-state index in [-0.39, 0.29) is 17.2 Å². The molecule has 0 saturated carbocycles. The third-order valence-corrected chi connectivity index (χ3v) is 3.76. The van der Waals surface area contributed by atoms with Gasteiger partial charge in [-0.25, -0.2) is 9.97 Å². The van der Waals surface area contributed by atoms with Crippen LogP contribution in [0.3, 0.4) is 0 Å². The molecule has 10 heteroatoms. The van der Waals surface area contributed by atoms with E-state index in [0.717, 1.165) is 6.20 Å². The lowest BCUT2D eigenvalue weighted by Gasteiger charge is -2.19. The third kappa shape index (κ3) is 3.52. The quantitative estimate of drug-likeness (QED) is 0.667. The maximum atomic E-state index is 13.6. The predicted molar refractivity (Wildman–Crippen MR) is 88.9 cm³/mol. The van der Waals surface area contributed by atoms with Gasteiger partial charge in [0, 0.05) is 16.6 Å². The van der Waals surface area contributed by atoms with Gasteiger partial charge in [-0.2, -0.15) is 17.9 Å². The van der Waals surface area contributed by atoms with Gasteiger partial charge in [-0.3, -0.25) is 0 Å². The highest BCUT2D eigenvalue weighted by Crippen LogP contribution is 2.36.